The fourth-order valence-corrected chi connectivity index (χ4v) is 1.85. The van der Waals surface area contributed by atoms with Crippen molar-refractivity contribution in [3.63, 3.8) is 0 Å². The summed E-state index contributed by atoms with van der Waals surface area (Å²) in [4.78, 5) is 11.0. The zero-order valence-corrected chi connectivity index (χ0v) is 12.5. The number of hydrogen-bond acceptors (Lipinski definition) is 5. The predicted molar refractivity (Wildman–Crippen MR) is 75.8 cm³/mol. The van der Waals surface area contributed by atoms with E-state index in [1.54, 1.807) is 31.2 Å². The van der Waals surface area contributed by atoms with E-state index in [0.29, 0.717) is 22.4 Å². The zero-order valence-electron chi connectivity index (χ0n) is 10.9. The fraction of sp³-hybridized carbons (Fsp3) is 0.214. The summed E-state index contributed by atoms with van der Waals surface area (Å²) in [6.45, 7) is 3.48. The second-order valence-electron chi connectivity index (χ2n) is 3.63. The molecule has 0 fully saturated rings. The summed E-state index contributed by atoms with van der Waals surface area (Å²) in [5, 5.41) is 17.5. The number of nitrogens with zero attached hydrogens (tertiary/aromatic N) is 2. The van der Waals surface area contributed by atoms with Gasteiger partial charge in [0.25, 0.3) is 0 Å². The highest BCUT2D eigenvalue weighted by molar-refractivity contribution is 9.10. The topological polar surface area (TPSA) is 83.1 Å². The molecule has 0 radical (unpaired) electrons. The molecule has 0 atom stereocenters. The highest BCUT2D eigenvalue weighted by atomic mass is 79.9. The number of hydrogen-bond donors (Lipinski definition) is 0. The highest BCUT2D eigenvalue weighted by Crippen LogP contribution is 2.35. The first kappa shape index (κ1) is 15.7. The molecule has 0 spiro atoms. The number of rotatable bonds is 4. The fourth-order valence-electron chi connectivity index (χ4n) is 1.41. The van der Waals surface area contributed by atoms with Gasteiger partial charge in [0.1, 0.15) is 17.7 Å². The zero-order chi connectivity index (χ0) is 15.1. The maximum absolute atomic E-state index is 11.0. The molecule has 0 heterocycles. The Hall–Kier alpha value is -2.31. The number of halogens is 1. The Labute approximate surface area is 125 Å². The lowest BCUT2D eigenvalue weighted by Crippen LogP contribution is -2.04. The number of benzene rings is 1. The van der Waals surface area contributed by atoms with Crippen LogP contribution in [-0.2, 0) is 4.79 Å². The number of carbonyl (C=O) groups excluding carboxylic acids is 1. The van der Waals surface area contributed by atoms with Crippen molar-refractivity contribution in [1.29, 1.82) is 10.5 Å². The van der Waals surface area contributed by atoms with Gasteiger partial charge >= 0.3 is 5.97 Å². The number of allylic oxidation sites excluding steroid dienone is 1. The Morgan fingerprint density at radius 1 is 1.35 bits per heavy atom. The molecule has 0 N–H and O–H groups in total. The molecule has 0 unspecified atom stereocenters. The minimum absolute atomic E-state index is 0.0339. The van der Waals surface area contributed by atoms with Crippen molar-refractivity contribution in [3.05, 3.63) is 27.7 Å². The van der Waals surface area contributed by atoms with E-state index in [9.17, 15) is 4.79 Å². The van der Waals surface area contributed by atoms with Gasteiger partial charge in [0, 0.05) is 11.4 Å². The van der Waals surface area contributed by atoms with Crippen molar-refractivity contribution >= 4 is 28.0 Å². The molecule has 1 aromatic carbocycles. The van der Waals surface area contributed by atoms with Crippen LogP contribution in [0, 0.1) is 22.7 Å². The maximum atomic E-state index is 11.0. The van der Waals surface area contributed by atoms with Gasteiger partial charge < -0.3 is 9.47 Å². The molecule has 0 saturated carbocycles. The molecule has 0 bridgehead atoms. The lowest BCUT2D eigenvalue weighted by Gasteiger charge is -2.11. The van der Waals surface area contributed by atoms with Gasteiger partial charge in [-0.05, 0) is 30.7 Å². The molecule has 5 nitrogen and oxygen atoms in total. The molecular weight excluding hydrogens is 324 g/mol. The van der Waals surface area contributed by atoms with E-state index in [1.165, 1.54) is 13.0 Å². The molecule has 0 saturated heterocycles. The minimum Gasteiger partial charge on any atom is -0.490 e. The summed E-state index contributed by atoms with van der Waals surface area (Å²) in [6.07, 6.45) is 1.42. The van der Waals surface area contributed by atoms with Gasteiger partial charge in [0.15, 0.2) is 11.5 Å². The SMILES string of the molecule is CCOc1cc(C=C(C#N)C#N)c(Br)cc1OC(C)=O. The maximum Gasteiger partial charge on any atom is 0.308 e. The number of esters is 1. The lowest BCUT2D eigenvalue weighted by molar-refractivity contribution is -0.132. The van der Waals surface area contributed by atoms with Gasteiger partial charge in [-0.25, -0.2) is 0 Å². The van der Waals surface area contributed by atoms with Crippen LogP contribution in [0.25, 0.3) is 6.08 Å². The third-order valence-corrected chi connectivity index (χ3v) is 2.84. The van der Waals surface area contributed by atoms with Crippen molar-refractivity contribution in [2.24, 2.45) is 0 Å². The van der Waals surface area contributed by atoms with E-state index >= 15 is 0 Å². The van der Waals surface area contributed by atoms with E-state index in [0.717, 1.165) is 0 Å². The van der Waals surface area contributed by atoms with Gasteiger partial charge in [-0.3, -0.25) is 4.79 Å². The van der Waals surface area contributed by atoms with Crippen LogP contribution in [0.4, 0.5) is 0 Å². The predicted octanol–water partition coefficient (Wildman–Crippen LogP) is 3.20. The van der Waals surface area contributed by atoms with Gasteiger partial charge in [0.2, 0.25) is 0 Å². The summed E-state index contributed by atoms with van der Waals surface area (Å²) in [5.41, 5.74) is 0.552. The number of nitriles is 2. The molecule has 1 aromatic rings. The summed E-state index contributed by atoms with van der Waals surface area (Å²) >= 11 is 3.30. The van der Waals surface area contributed by atoms with Crippen molar-refractivity contribution < 1.29 is 14.3 Å². The molecule has 0 aromatic heterocycles. The molecule has 102 valence electrons. The molecule has 6 heteroatoms. The summed E-state index contributed by atoms with van der Waals surface area (Å²) < 4.78 is 11.0. The third-order valence-electron chi connectivity index (χ3n) is 2.16. The van der Waals surface area contributed by atoms with Crippen molar-refractivity contribution in [1.82, 2.24) is 0 Å². The van der Waals surface area contributed by atoms with Gasteiger partial charge in [-0.15, -0.1) is 0 Å². The first-order valence-corrected chi connectivity index (χ1v) is 6.47. The Bertz CT molecular complexity index is 623. The van der Waals surface area contributed by atoms with Crippen LogP contribution in [0.5, 0.6) is 11.5 Å². The van der Waals surface area contributed by atoms with Gasteiger partial charge in [0.05, 0.1) is 6.61 Å². The largest absolute Gasteiger partial charge is 0.490 e. The average molecular weight is 335 g/mol. The van der Waals surface area contributed by atoms with Crippen LogP contribution in [-0.4, -0.2) is 12.6 Å². The first-order valence-electron chi connectivity index (χ1n) is 5.68. The number of ether oxygens (including phenoxy) is 2. The standard InChI is InChI=1S/C14H11BrN2O3/c1-3-19-13-5-11(4-10(7-16)8-17)12(15)6-14(13)20-9(2)18/h4-6H,3H2,1-2H3. The van der Waals surface area contributed by atoms with Crippen molar-refractivity contribution in [2.75, 3.05) is 6.61 Å². The van der Waals surface area contributed by atoms with Crippen LogP contribution in [0.3, 0.4) is 0 Å². The third kappa shape index (κ3) is 4.11. The summed E-state index contributed by atoms with van der Waals surface area (Å²) in [6, 6.07) is 6.72. The molecular formula is C14H11BrN2O3. The van der Waals surface area contributed by atoms with E-state index in [1.807, 2.05) is 0 Å². The molecule has 1 rings (SSSR count). The molecule has 20 heavy (non-hydrogen) atoms. The second-order valence-corrected chi connectivity index (χ2v) is 4.48. The molecule has 0 aliphatic carbocycles. The smallest absolute Gasteiger partial charge is 0.308 e. The van der Waals surface area contributed by atoms with E-state index in [-0.39, 0.29) is 11.3 Å². The van der Waals surface area contributed by atoms with Gasteiger partial charge in [-0.1, -0.05) is 15.9 Å². The van der Waals surface area contributed by atoms with E-state index in [2.05, 4.69) is 15.9 Å². The molecule has 0 aliphatic rings. The van der Waals surface area contributed by atoms with Gasteiger partial charge in [-0.2, -0.15) is 10.5 Å². The highest BCUT2D eigenvalue weighted by Gasteiger charge is 2.12. The van der Waals surface area contributed by atoms with Crippen molar-refractivity contribution in [2.45, 2.75) is 13.8 Å². The van der Waals surface area contributed by atoms with Crippen LogP contribution >= 0.6 is 15.9 Å². The first-order chi connectivity index (χ1) is 9.51. The Morgan fingerprint density at radius 3 is 2.50 bits per heavy atom. The Morgan fingerprint density at radius 2 is 2.00 bits per heavy atom. The molecule has 0 amide bonds. The van der Waals surface area contributed by atoms with Crippen LogP contribution in [0.1, 0.15) is 19.4 Å². The molecule has 0 aliphatic heterocycles. The second kappa shape index (κ2) is 7.32. The average Bonchev–Trinajstić information content (AvgIpc) is 2.40. The summed E-state index contributed by atoms with van der Waals surface area (Å²) in [7, 11) is 0. The Balaban J connectivity index is 3.34. The van der Waals surface area contributed by atoms with E-state index < -0.39 is 5.97 Å². The van der Waals surface area contributed by atoms with E-state index in [4.69, 9.17) is 20.0 Å². The normalized spacial score (nSPS) is 9.05. The number of carbonyl (C=O) groups is 1. The Kier molecular flexibility index (Phi) is 5.76. The minimum atomic E-state index is -0.462. The van der Waals surface area contributed by atoms with Crippen molar-refractivity contribution in [3.8, 4) is 23.6 Å². The summed E-state index contributed by atoms with van der Waals surface area (Å²) in [5.74, 6) is 0.183. The monoisotopic (exact) mass is 334 g/mol. The van der Waals surface area contributed by atoms with Crippen LogP contribution in [0.15, 0.2) is 22.2 Å². The van der Waals surface area contributed by atoms with Crippen LogP contribution in [0.2, 0.25) is 0 Å². The lowest BCUT2D eigenvalue weighted by atomic mass is 10.1. The van der Waals surface area contributed by atoms with Crippen LogP contribution < -0.4 is 9.47 Å². The quantitative estimate of drug-likeness (QED) is 0.479.